The number of carbonyl (C=O) groups excluding carboxylic acids is 1. The van der Waals surface area contributed by atoms with E-state index >= 15 is 0 Å². The molecular weight excluding hydrogens is 420 g/mol. The van der Waals surface area contributed by atoms with Gasteiger partial charge in [0, 0.05) is 18.8 Å². The molecule has 1 aliphatic rings. The van der Waals surface area contributed by atoms with E-state index < -0.39 is 5.60 Å². The van der Waals surface area contributed by atoms with Gasteiger partial charge in [-0.2, -0.15) is 0 Å². The summed E-state index contributed by atoms with van der Waals surface area (Å²) in [5.41, 5.74) is 3.08. The average molecular weight is 455 g/mol. The molecule has 34 heavy (non-hydrogen) atoms. The first-order chi connectivity index (χ1) is 16.6. The lowest BCUT2D eigenvalue weighted by atomic mass is 9.78. The zero-order valence-electron chi connectivity index (χ0n) is 20.0. The van der Waals surface area contributed by atoms with Gasteiger partial charge in [0.15, 0.2) is 0 Å². The van der Waals surface area contributed by atoms with Crippen LogP contribution in [-0.2, 0) is 22.4 Å². The van der Waals surface area contributed by atoms with Crippen molar-refractivity contribution in [2.45, 2.75) is 63.4 Å². The number of cyclic esters (lactones) is 1. The standard InChI is InChI=1S/C31H34O3/c1-2-3-21-31(22-25-15-9-5-10-16-25)23-28(32)29(30(33)34-31)27(26-17-11-6-12-18-26)20-19-24-13-7-4-8-14-24/h4-18,27,32H,2-3,19-23H2,1H3. The molecule has 0 radical (unpaired) electrons. The van der Waals surface area contributed by atoms with Gasteiger partial charge in [-0.1, -0.05) is 104 Å². The summed E-state index contributed by atoms with van der Waals surface area (Å²) in [5.74, 6) is -0.405. The number of carbonyl (C=O) groups is 1. The van der Waals surface area contributed by atoms with Crippen molar-refractivity contribution >= 4 is 5.97 Å². The van der Waals surface area contributed by atoms with Crippen LogP contribution in [0.2, 0.25) is 0 Å². The van der Waals surface area contributed by atoms with E-state index in [1.54, 1.807) is 0 Å². The maximum Gasteiger partial charge on any atom is 0.338 e. The quantitative estimate of drug-likeness (QED) is 0.326. The Labute approximate surface area is 203 Å². The first-order valence-corrected chi connectivity index (χ1v) is 12.4. The van der Waals surface area contributed by atoms with Crippen molar-refractivity contribution in [1.29, 1.82) is 0 Å². The summed E-state index contributed by atoms with van der Waals surface area (Å²) >= 11 is 0. The molecule has 0 amide bonds. The minimum atomic E-state index is -0.706. The van der Waals surface area contributed by atoms with Crippen LogP contribution in [-0.4, -0.2) is 16.7 Å². The van der Waals surface area contributed by atoms with E-state index in [4.69, 9.17) is 4.74 Å². The highest BCUT2D eigenvalue weighted by molar-refractivity contribution is 5.92. The van der Waals surface area contributed by atoms with Gasteiger partial charge in [-0.25, -0.2) is 4.79 Å². The molecule has 3 aromatic rings. The van der Waals surface area contributed by atoms with Crippen molar-refractivity contribution in [2.24, 2.45) is 0 Å². The first-order valence-electron chi connectivity index (χ1n) is 12.4. The zero-order chi connectivity index (χ0) is 23.8. The number of hydrogen-bond donors (Lipinski definition) is 1. The van der Waals surface area contributed by atoms with Gasteiger partial charge in [0.25, 0.3) is 0 Å². The number of hydrogen-bond acceptors (Lipinski definition) is 3. The fraction of sp³-hybridized carbons (Fsp3) is 0.323. The lowest BCUT2D eigenvalue weighted by Gasteiger charge is -2.39. The predicted octanol–water partition coefficient (Wildman–Crippen LogP) is 7.33. The SMILES string of the molecule is CCCCC1(Cc2ccccc2)CC(O)=C(C(CCc2ccccc2)c2ccccc2)C(=O)O1. The zero-order valence-corrected chi connectivity index (χ0v) is 20.0. The third-order valence-corrected chi connectivity index (χ3v) is 6.80. The number of esters is 1. The number of aliphatic hydroxyl groups is 1. The molecule has 0 saturated heterocycles. The maximum atomic E-state index is 13.6. The molecule has 2 atom stereocenters. The predicted molar refractivity (Wildman–Crippen MR) is 137 cm³/mol. The van der Waals surface area contributed by atoms with Crippen LogP contribution in [0.15, 0.2) is 102 Å². The highest BCUT2D eigenvalue weighted by Crippen LogP contribution is 2.42. The molecule has 0 aromatic heterocycles. The molecule has 0 spiro atoms. The molecule has 0 bridgehead atoms. The Kier molecular flexibility index (Phi) is 7.84. The van der Waals surface area contributed by atoms with Gasteiger partial charge in [0.1, 0.15) is 11.4 Å². The first kappa shape index (κ1) is 23.8. The fourth-order valence-electron chi connectivity index (χ4n) is 5.06. The van der Waals surface area contributed by atoms with Crippen molar-refractivity contribution in [2.75, 3.05) is 0 Å². The summed E-state index contributed by atoms with van der Waals surface area (Å²) in [6.07, 6.45) is 5.20. The average Bonchev–Trinajstić information content (AvgIpc) is 2.86. The van der Waals surface area contributed by atoms with Crippen LogP contribution in [0.1, 0.15) is 61.6 Å². The summed E-state index contributed by atoms with van der Waals surface area (Å²) < 4.78 is 6.26. The molecule has 2 unspecified atom stereocenters. The molecule has 0 aliphatic carbocycles. The third kappa shape index (κ3) is 5.77. The molecule has 3 heteroatoms. The summed E-state index contributed by atoms with van der Waals surface area (Å²) in [4.78, 5) is 13.6. The van der Waals surface area contributed by atoms with Gasteiger partial charge in [0.2, 0.25) is 0 Å². The molecule has 4 rings (SSSR count). The van der Waals surface area contributed by atoms with Crippen LogP contribution in [0.25, 0.3) is 0 Å². The second-order valence-corrected chi connectivity index (χ2v) is 9.36. The maximum absolute atomic E-state index is 13.6. The smallest absolute Gasteiger partial charge is 0.338 e. The number of benzene rings is 3. The number of rotatable bonds is 10. The van der Waals surface area contributed by atoms with Crippen LogP contribution < -0.4 is 0 Å². The Balaban J connectivity index is 1.65. The highest BCUT2D eigenvalue weighted by Gasteiger charge is 2.43. The van der Waals surface area contributed by atoms with Crippen LogP contribution >= 0.6 is 0 Å². The minimum Gasteiger partial charge on any atom is -0.512 e. The molecule has 3 nitrogen and oxygen atoms in total. The summed E-state index contributed by atoms with van der Waals surface area (Å²) in [6, 6.07) is 30.4. The van der Waals surface area contributed by atoms with Crippen LogP contribution in [0.3, 0.4) is 0 Å². The molecular formula is C31H34O3. The van der Waals surface area contributed by atoms with E-state index in [1.807, 2.05) is 66.7 Å². The largest absolute Gasteiger partial charge is 0.512 e. The Bertz CT molecular complexity index is 1090. The van der Waals surface area contributed by atoms with Gasteiger partial charge in [0.05, 0.1) is 5.57 Å². The monoisotopic (exact) mass is 454 g/mol. The number of unbranched alkanes of at least 4 members (excludes halogenated alkanes) is 1. The lowest BCUT2D eigenvalue weighted by molar-refractivity contribution is -0.160. The second kappa shape index (κ2) is 11.2. The second-order valence-electron chi connectivity index (χ2n) is 9.36. The molecule has 0 fully saturated rings. The third-order valence-electron chi connectivity index (χ3n) is 6.80. The van der Waals surface area contributed by atoms with E-state index in [9.17, 15) is 9.90 Å². The molecule has 176 valence electrons. The van der Waals surface area contributed by atoms with Gasteiger partial charge in [-0.05, 0) is 42.4 Å². The molecule has 1 N–H and O–H groups in total. The Morgan fingerprint density at radius 1 is 0.882 bits per heavy atom. The van der Waals surface area contributed by atoms with E-state index in [0.29, 0.717) is 18.4 Å². The van der Waals surface area contributed by atoms with Gasteiger partial charge in [-0.3, -0.25) is 0 Å². The number of aryl methyl sites for hydroxylation is 1. The minimum absolute atomic E-state index is 0.185. The highest BCUT2D eigenvalue weighted by atomic mass is 16.6. The van der Waals surface area contributed by atoms with E-state index in [0.717, 1.165) is 43.2 Å². The normalized spacial score (nSPS) is 19.0. The molecule has 0 saturated carbocycles. The van der Waals surface area contributed by atoms with Crippen molar-refractivity contribution in [1.82, 2.24) is 0 Å². The molecule has 1 heterocycles. The van der Waals surface area contributed by atoms with Crippen molar-refractivity contribution < 1.29 is 14.6 Å². The van der Waals surface area contributed by atoms with Crippen molar-refractivity contribution in [3.63, 3.8) is 0 Å². The van der Waals surface area contributed by atoms with Crippen LogP contribution in [0, 0.1) is 0 Å². The lowest BCUT2D eigenvalue weighted by Crippen LogP contribution is -2.43. The Morgan fingerprint density at radius 2 is 1.47 bits per heavy atom. The van der Waals surface area contributed by atoms with Crippen LogP contribution in [0.4, 0.5) is 0 Å². The summed E-state index contributed by atoms with van der Waals surface area (Å²) in [7, 11) is 0. The Morgan fingerprint density at radius 3 is 2.06 bits per heavy atom. The van der Waals surface area contributed by atoms with Crippen LogP contribution in [0.5, 0.6) is 0 Å². The van der Waals surface area contributed by atoms with Crippen molar-refractivity contribution in [3.05, 3.63) is 119 Å². The van der Waals surface area contributed by atoms with E-state index in [2.05, 4.69) is 31.2 Å². The molecule has 1 aliphatic heterocycles. The number of aliphatic hydroxyl groups excluding tert-OH is 1. The van der Waals surface area contributed by atoms with Gasteiger partial charge in [-0.15, -0.1) is 0 Å². The number of ether oxygens (including phenoxy) is 1. The Hall–Kier alpha value is -3.33. The summed E-state index contributed by atoms with van der Waals surface area (Å²) in [5, 5.41) is 11.4. The fourth-order valence-corrected chi connectivity index (χ4v) is 5.06. The summed E-state index contributed by atoms with van der Waals surface area (Å²) in [6.45, 7) is 2.14. The van der Waals surface area contributed by atoms with Gasteiger partial charge < -0.3 is 9.84 Å². The van der Waals surface area contributed by atoms with Gasteiger partial charge >= 0.3 is 5.97 Å². The topological polar surface area (TPSA) is 46.5 Å². The van der Waals surface area contributed by atoms with E-state index in [-0.39, 0.29) is 17.6 Å². The molecule has 3 aromatic carbocycles. The van der Waals surface area contributed by atoms with E-state index in [1.165, 1.54) is 5.56 Å². The van der Waals surface area contributed by atoms with Crippen molar-refractivity contribution in [3.8, 4) is 0 Å².